The van der Waals surface area contributed by atoms with Crippen LogP contribution in [0.25, 0.3) is 5.69 Å². The van der Waals surface area contributed by atoms with Gasteiger partial charge >= 0.3 is 0 Å². The van der Waals surface area contributed by atoms with Crippen molar-refractivity contribution in [3.8, 4) is 11.6 Å². The first kappa shape index (κ1) is 10.3. The van der Waals surface area contributed by atoms with Crippen molar-refractivity contribution in [3.63, 3.8) is 0 Å². The van der Waals surface area contributed by atoms with Crippen molar-refractivity contribution >= 4 is 0 Å². The maximum absolute atomic E-state index is 5.14. The number of nitrogens with zero attached hydrogens (tertiary/aromatic N) is 3. The van der Waals surface area contributed by atoms with Crippen molar-refractivity contribution in [2.24, 2.45) is 0 Å². The summed E-state index contributed by atoms with van der Waals surface area (Å²) in [6.45, 7) is 2.04. The molecule has 3 heterocycles. The Labute approximate surface area is 99.5 Å². The van der Waals surface area contributed by atoms with Crippen LogP contribution in [0.5, 0.6) is 5.88 Å². The molecule has 0 spiro atoms. The summed E-state index contributed by atoms with van der Waals surface area (Å²) in [5, 5.41) is 3.27. The predicted octanol–water partition coefficient (Wildman–Crippen LogP) is 0.963. The number of pyridine rings is 1. The van der Waals surface area contributed by atoms with E-state index in [4.69, 9.17) is 4.74 Å². The van der Waals surface area contributed by atoms with E-state index in [0.29, 0.717) is 11.8 Å². The quantitative estimate of drug-likeness (QED) is 0.853. The molecule has 5 nitrogen and oxygen atoms in total. The number of imidazole rings is 1. The van der Waals surface area contributed by atoms with Crippen LogP contribution >= 0.6 is 0 Å². The van der Waals surface area contributed by atoms with E-state index in [1.54, 1.807) is 13.3 Å². The third-order valence-electron chi connectivity index (χ3n) is 3.07. The van der Waals surface area contributed by atoms with Crippen molar-refractivity contribution in [1.29, 1.82) is 0 Å². The van der Waals surface area contributed by atoms with E-state index in [-0.39, 0.29) is 0 Å². The van der Waals surface area contributed by atoms with Gasteiger partial charge in [0.25, 0.3) is 0 Å². The van der Waals surface area contributed by atoms with Gasteiger partial charge < -0.3 is 14.6 Å². The van der Waals surface area contributed by atoms with Gasteiger partial charge in [-0.2, -0.15) is 0 Å². The summed E-state index contributed by atoms with van der Waals surface area (Å²) in [6.07, 6.45) is 5.51. The topological polar surface area (TPSA) is 52.0 Å². The van der Waals surface area contributed by atoms with Crippen molar-refractivity contribution in [1.82, 2.24) is 19.9 Å². The van der Waals surface area contributed by atoms with Gasteiger partial charge in [0, 0.05) is 43.2 Å². The molecule has 0 amide bonds. The van der Waals surface area contributed by atoms with E-state index in [2.05, 4.69) is 19.9 Å². The van der Waals surface area contributed by atoms with Gasteiger partial charge in [0.2, 0.25) is 5.88 Å². The molecule has 1 fully saturated rings. The van der Waals surface area contributed by atoms with E-state index in [1.165, 1.54) is 5.69 Å². The minimum absolute atomic E-state index is 0.552. The Hall–Kier alpha value is -1.88. The highest BCUT2D eigenvalue weighted by Crippen LogP contribution is 2.23. The lowest BCUT2D eigenvalue weighted by Gasteiger charge is -2.27. The molecule has 0 aliphatic carbocycles. The van der Waals surface area contributed by atoms with Crippen molar-refractivity contribution < 1.29 is 4.74 Å². The average Bonchev–Trinajstić information content (AvgIpc) is 2.76. The van der Waals surface area contributed by atoms with Gasteiger partial charge in [0.1, 0.15) is 0 Å². The van der Waals surface area contributed by atoms with Gasteiger partial charge in [-0.05, 0) is 6.07 Å². The molecule has 1 aliphatic rings. The van der Waals surface area contributed by atoms with Crippen molar-refractivity contribution in [3.05, 3.63) is 36.5 Å². The molecule has 1 saturated heterocycles. The Balaban J connectivity index is 1.99. The summed E-state index contributed by atoms with van der Waals surface area (Å²) >= 11 is 0. The van der Waals surface area contributed by atoms with Gasteiger partial charge in [-0.1, -0.05) is 0 Å². The SMILES string of the molecule is COc1cc(-n2cncc2C2CNC2)ccn1. The maximum atomic E-state index is 5.14. The Morgan fingerprint density at radius 1 is 1.47 bits per heavy atom. The van der Waals surface area contributed by atoms with Crippen LogP contribution in [0.1, 0.15) is 11.6 Å². The summed E-state index contributed by atoms with van der Waals surface area (Å²) in [5.74, 6) is 1.17. The fourth-order valence-corrected chi connectivity index (χ4v) is 1.98. The molecule has 0 bridgehead atoms. The van der Waals surface area contributed by atoms with Crippen LogP contribution in [0.3, 0.4) is 0 Å². The number of hydrogen-bond acceptors (Lipinski definition) is 4. The predicted molar refractivity (Wildman–Crippen MR) is 63.5 cm³/mol. The average molecular weight is 230 g/mol. The second kappa shape index (κ2) is 4.18. The number of nitrogens with one attached hydrogen (secondary N) is 1. The molecule has 2 aromatic heterocycles. The smallest absolute Gasteiger partial charge is 0.215 e. The lowest BCUT2D eigenvalue weighted by molar-refractivity contribution is 0.397. The highest BCUT2D eigenvalue weighted by atomic mass is 16.5. The van der Waals surface area contributed by atoms with Crippen LogP contribution in [0.2, 0.25) is 0 Å². The van der Waals surface area contributed by atoms with Crippen molar-refractivity contribution in [2.45, 2.75) is 5.92 Å². The van der Waals surface area contributed by atoms with E-state index in [9.17, 15) is 0 Å². The Bertz CT molecular complexity index is 519. The van der Waals surface area contributed by atoms with Gasteiger partial charge in [-0.25, -0.2) is 9.97 Å². The molecule has 0 saturated carbocycles. The van der Waals surface area contributed by atoms with Crippen LogP contribution in [0.15, 0.2) is 30.9 Å². The standard InChI is InChI=1S/C12H14N4O/c1-17-12-4-10(2-3-15-12)16-8-14-7-11(16)9-5-13-6-9/h2-4,7-9,13H,5-6H2,1H3. The molecule has 88 valence electrons. The van der Waals surface area contributed by atoms with Gasteiger partial charge in [-0.3, -0.25) is 0 Å². The number of ether oxygens (including phenoxy) is 1. The summed E-state index contributed by atoms with van der Waals surface area (Å²) in [4.78, 5) is 8.34. The Morgan fingerprint density at radius 3 is 3.06 bits per heavy atom. The molecule has 1 aliphatic heterocycles. The van der Waals surface area contributed by atoms with Crippen LogP contribution in [-0.4, -0.2) is 34.7 Å². The summed E-state index contributed by atoms with van der Waals surface area (Å²) in [5.41, 5.74) is 2.27. The summed E-state index contributed by atoms with van der Waals surface area (Å²) in [7, 11) is 1.62. The lowest BCUT2D eigenvalue weighted by Crippen LogP contribution is -2.40. The minimum Gasteiger partial charge on any atom is -0.481 e. The zero-order valence-corrected chi connectivity index (χ0v) is 9.63. The van der Waals surface area contributed by atoms with E-state index >= 15 is 0 Å². The molecule has 5 heteroatoms. The van der Waals surface area contributed by atoms with Crippen LogP contribution in [0, 0.1) is 0 Å². The summed E-state index contributed by atoms with van der Waals surface area (Å²) in [6, 6.07) is 3.87. The molecular formula is C12H14N4O. The monoisotopic (exact) mass is 230 g/mol. The van der Waals surface area contributed by atoms with E-state index in [0.717, 1.165) is 18.8 Å². The third kappa shape index (κ3) is 1.78. The van der Waals surface area contributed by atoms with Gasteiger partial charge in [0.05, 0.1) is 19.1 Å². The number of aromatic nitrogens is 3. The first-order chi connectivity index (χ1) is 8.38. The maximum Gasteiger partial charge on any atom is 0.215 e. The van der Waals surface area contributed by atoms with E-state index < -0.39 is 0 Å². The number of methoxy groups -OCH3 is 1. The molecule has 0 unspecified atom stereocenters. The molecule has 2 aromatic rings. The second-order valence-electron chi connectivity index (χ2n) is 4.10. The van der Waals surface area contributed by atoms with Crippen molar-refractivity contribution in [2.75, 3.05) is 20.2 Å². The zero-order valence-electron chi connectivity index (χ0n) is 9.63. The van der Waals surface area contributed by atoms with Crippen LogP contribution in [-0.2, 0) is 0 Å². The Morgan fingerprint density at radius 2 is 2.35 bits per heavy atom. The minimum atomic E-state index is 0.552. The lowest BCUT2D eigenvalue weighted by atomic mass is 10.00. The normalized spacial score (nSPS) is 15.6. The van der Waals surface area contributed by atoms with E-state index in [1.807, 2.05) is 24.7 Å². The molecule has 0 aromatic carbocycles. The molecule has 0 radical (unpaired) electrons. The van der Waals surface area contributed by atoms with Gasteiger partial charge in [-0.15, -0.1) is 0 Å². The molecule has 0 atom stereocenters. The second-order valence-corrected chi connectivity index (χ2v) is 4.10. The summed E-state index contributed by atoms with van der Waals surface area (Å²) < 4.78 is 7.23. The van der Waals surface area contributed by atoms with Crippen LogP contribution in [0.4, 0.5) is 0 Å². The van der Waals surface area contributed by atoms with Gasteiger partial charge in [0.15, 0.2) is 0 Å². The first-order valence-corrected chi connectivity index (χ1v) is 5.62. The fourth-order valence-electron chi connectivity index (χ4n) is 1.98. The van der Waals surface area contributed by atoms with Crippen LogP contribution < -0.4 is 10.1 Å². The molecule has 3 rings (SSSR count). The first-order valence-electron chi connectivity index (χ1n) is 5.62. The zero-order chi connectivity index (χ0) is 11.7. The molecule has 1 N–H and O–H groups in total. The fraction of sp³-hybridized carbons (Fsp3) is 0.333. The molecular weight excluding hydrogens is 216 g/mol. The third-order valence-corrected chi connectivity index (χ3v) is 3.07. The highest BCUT2D eigenvalue weighted by Gasteiger charge is 2.22. The molecule has 17 heavy (non-hydrogen) atoms. The largest absolute Gasteiger partial charge is 0.481 e. The number of hydrogen-bond donors (Lipinski definition) is 1. The Kier molecular flexibility index (Phi) is 2.53. The number of rotatable bonds is 3. The highest BCUT2D eigenvalue weighted by molar-refractivity contribution is 5.37.